The molecule has 2 aliphatic rings. The molecule has 1 N–H and O–H groups in total. The van der Waals surface area contributed by atoms with E-state index in [2.05, 4.69) is 25.2 Å². The topological polar surface area (TPSA) is 77.5 Å². The van der Waals surface area contributed by atoms with E-state index in [1.807, 2.05) is 41.1 Å². The fourth-order valence-corrected chi connectivity index (χ4v) is 4.37. The van der Waals surface area contributed by atoms with E-state index in [9.17, 15) is 13.6 Å². The summed E-state index contributed by atoms with van der Waals surface area (Å²) in [4.78, 5) is 31.7. The van der Waals surface area contributed by atoms with Gasteiger partial charge in [0, 0.05) is 76.9 Å². The Balaban J connectivity index is 1.24. The third-order valence-corrected chi connectivity index (χ3v) is 6.34. The fraction of sp³-hybridized carbons (Fsp3) is 0.565. The molecule has 1 atom stereocenters. The van der Waals surface area contributed by atoms with Crippen molar-refractivity contribution in [1.82, 2.24) is 30.1 Å². The standard InChI is InChI=1S/C23H31F2N7O/c1-17-15-31(21-27-13-18(14-28-21)23(2,24)25)11-12-32(17)22(33)29-19-6-9-30(10-7-19)16-20-5-3-4-8-26-20/h3-5,8,13-14,17,19H,6-7,9-12,15-16H2,1-2H3,(H,29,33)/t17-/m1/s1. The minimum Gasteiger partial charge on any atom is -0.337 e. The highest BCUT2D eigenvalue weighted by atomic mass is 19.3. The lowest BCUT2D eigenvalue weighted by molar-refractivity contribution is 0.0167. The number of piperidine rings is 1. The molecule has 10 heteroatoms. The SMILES string of the molecule is C[C@@H]1CN(c2ncc(C(C)(F)F)cn2)CCN1C(=O)NC1CCN(Cc2ccccn2)CC1. The van der Waals surface area contributed by atoms with Crippen molar-refractivity contribution >= 4 is 12.0 Å². The van der Waals surface area contributed by atoms with Crippen molar-refractivity contribution in [3.05, 3.63) is 48.0 Å². The first-order valence-corrected chi connectivity index (χ1v) is 11.4. The molecule has 2 aliphatic heterocycles. The van der Waals surface area contributed by atoms with Crippen LogP contribution >= 0.6 is 0 Å². The Morgan fingerprint density at radius 3 is 2.45 bits per heavy atom. The van der Waals surface area contributed by atoms with Gasteiger partial charge in [0.25, 0.3) is 5.92 Å². The van der Waals surface area contributed by atoms with Gasteiger partial charge >= 0.3 is 6.03 Å². The van der Waals surface area contributed by atoms with Crippen LogP contribution < -0.4 is 10.2 Å². The number of alkyl halides is 2. The Bertz CT molecular complexity index is 915. The summed E-state index contributed by atoms with van der Waals surface area (Å²) in [5, 5.41) is 3.19. The lowest BCUT2D eigenvalue weighted by atomic mass is 10.0. The Hall–Kier alpha value is -2.88. The normalized spacial score (nSPS) is 20.7. The molecule has 4 heterocycles. The Morgan fingerprint density at radius 2 is 1.85 bits per heavy atom. The summed E-state index contributed by atoms with van der Waals surface area (Å²) < 4.78 is 26.8. The fourth-order valence-electron chi connectivity index (χ4n) is 4.37. The molecule has 178 valence electrons. The number of halogens is 2. The molecule has 4 rings (SSSR count). The van der Waals surface area contributed by atoms with Crippen LogP contribution in [0, 0.1) is 0 Å². The van der Waals surface area contributed by atoms with Gasteiger partial charge in [0.2, 0.25) is 5.95 Å². The predicted molar refractivity (Wildman–Crippen MR) is 121 cm³/mol. The molecule has 0 radical (unpaired) electrons. The molecule has 33 heavy (non-hydrogen) atoms. The van der Waals surface area contributed by atoms with Gasteiger partial charge in [-0.3, -0.25) is 9.88 Å². The van der Waals surface area contributed by atoms with Gasteiger partial charge < -0.3 is 15.1 Å². The van der Waals surface area contributed by atoms with Gasteiger partial charge in [-0.1, -0.05) is 6.07 Å². The number of hydrogen-bond donors (Lipinski definition) is 1. The predicted octanol–water partition coefficient (Wildman–Crippen LogP) is 2.87. The zero-order valence-corrected chi connectivity index (χ0v) is 19.1. The second kappa shape index (κ2) is 9.94. The van der Waals surface area contributed by atoms with Gasteiger partial charge in [0.15, 0.2) is 0 Å². The molecule has 2 fully saturated rings. The van der Waals surface area contributed by atoms with E-state index in [-0.39, 0.29) is 23.7 Å². The van der Waals surface area contributed by atoms with Crippen molar-refractivity contribution in [2.45, 2.75) is 51.2 Å². The van der Waals surface area contributed by atoms with Crippen LogP contribution in [0.15, 0.2) is 36.8 Å². The monoisotopic (exact) mass is 459 g/mol. The number of aromatic nitrogens is 3. The molecule has 2 aromatic heterocycles. The van der Waals surface area contributed by atoms with Gasteiger partial charge in [0.1, 0.15) is 0 Å². The van der Waals surface area contributed by atoms with Crippen molar-refractivity contribution in [2.75, 3.05) is 37.6 Å². The molecule has 2 aromatic rings. The molecule has 0 spiro atoms. The average Bonchev–Trinajstić information content (AvgIpc) is 2.80. The van der Waals surface area contributed by atoms with Gasteiger partial charge in [-0.25, -0.2) is 23.5 Å². The molecule has 8 nitrogen and oxygen atoms in total. The van der Waals surface area contributed by atoms with Crippen LogP contribution in [0.25, 0.3) is 0 Å². The van der Waals surface area contributed by atoms with Crippen molar-refractivity contribution in [1.29, 1.82) is 0 Å². The number of rotatable bonds is 5. The summed E-state index contributed by atoms with van der Waals surface area (Å²) in [6.07, 6.45) is 5.98. The smallest absolute Gasteiger partial charge is 0.317 e. The number of carbonyl (C=O) groups is 1. The van der Waals surface area contributed by atoms with E-state index < -0.39 is 5.92 Å². The summed E-state index contributed by atoms with van der Waals surface area (Å²) in [6, 6.07) is 6.02. The van der Waals surface area contributed by atoms with Gasteiger partial charge in [-0.2, -0.15) is 0 Å². The van der Waals surface area contributed by atoms with Crippen molar-refractivity contribution in [3.8, 4) is 0 Å². The first-order valence-electron chi connectivity index (χ1n) is 11.4. The van der Waals surface area contributed by atoms with Gasteiger partial charge in [-0.05, 0) is 31.9 Å². The van der Waals surface area contributed by atoms with Crippen molar-refractivity contribution in [2.24, 2.45) is 0 Å². The first kappa shape index (κ1) is 23.3. The molecule has 2 amide bonds. The van der Waals surface area contributed by atoms with Crippen LogP contribution in [-0.2, 0) is 12.5 Å². The van der Waals surface area contributed by atoms with Gasteiger partial charge in [-0.15, -0.1) is 0 Å². The minimum absolute atomic E-state index is 0.0427. The van der Waals surface area contributed by atoms with E-state index in [0.717, 1.165) is 45.1 Å². The second-order valence-electron chi connectivity index (χ2n) is 8.97. The van der Waals surface area contributed by atoms with E-state index in [4.69, 9.17) is 0 Å². The summed E-state index contributed by atoms with van der Waals surface area (Å²) in [5.41, 5.74) is 0.858. The highest BCUT2D eigenvalue weighted by Gasteiger charge is 2.31. The largest absolute Gasteiger partial charge is 0.337 e. The van der Waals surface area contributed by atoms with Crippen LogP contribution in [0.5, 0.6) is 0 Å². The van der Waals surface area contributed by atoms with Crippen LogP contribution in [0.4, 0.5) is 19.5 Å². The number of urea groups is 1. The lowest BCUT2D eigenvalue weighted by Crippen LogP contribution is -2.58. The third-order valence-electron chi connectivity index (χ3n) is 6.34. The molecular weight excluding hydrogens is 428 g/mol. The maximum atomic E-state index is 13.4. The molecule has 0 aromatic carbocycles. The molecule has 0 saturated carbocycles. The number of pyridine rings is 1. The first-order chi connectivity index (χ1) is 15.8. The summed E-state index contributed by atoms with van der Waals surface area (Å²) in [7, 11) is 0. The number of carbonyl (C=O) groups excluding carboxylic acids is 1. The van der Waals surface area contributed by atoms with Crippen LogP contribution in [0.2, 0.25) is 0 Å². The molecule has 0 bridgehead atoms. The highest BCUT2D eigenvalue weighted by molar-refractivity contribution is 5.75. The number of likely N-dealkylation sites (tertiary alicyclic amines) is 1. The summed E-state index contributed by atoms with van der Waals surface area (Å²) in [5.74, 6) is -2.55. The van der Waals surface area contributed by atoms with E-state index >= 15 is 0 Å². The lowest BCUT2D eigenvalue weighted by Gasteiger charge is -2.41. The Labute approximate surface area is 193 Å². The zero-order valence-electron chi connectivity index (χ0n) is 19.1. The minimum atomic E-state index is -2.96. The highest BCUT2D eigenvalue weighted by Crippen LogP contribution is 2.26. The number of hydrogen-bond acceptors (Lipinski definition) is 6. The third kappa shape index (κ3) is 5.93. The molecular formula is C23H31F2N7O. The molecule has 0 unspecified atom stereocenters. The van der Waals surface area contributed by atoms with Crippen LogP contribution in [-0.4, -0.2) is 75.6 Å². The number of nitrogens with one attached hydrogen (secondary N) is 1. The summed E-state index contributed by atoms with van der Waals surface area (Å²) in [6.45, 7) is 7.13. The number of amides is 2. The molecule has 0 aliphatic carbocycles. The Morgan fingerprint density at radius 1 is 1.12 bits per heavy atom. The van der Waals surface area contributed by atoms with E-state index in [1.165, 1.54) is 12.4 Å². The quantitative estimate of drug-likeness (QED) is 0.741. The van der Waals surface area contributed by atoms with E-state index in [1.54, 1.807) is 0 Å². The number of nitrogens with zero attached hydrogens (tertiary/aromatic N) is 6. The van der Waals surface area contributed by atoms with E-state index in [0.29, 0.717) is 25.6 Å². The van der Waals surface area contributed by atoms with Crippen molar-refractivity contribution < 1.29 is 13.6 Å². The van der Waals surface area contributed by atoms with Gasteiger partial charge in [0.05, 0.1) is 11.3 Å². The van der Waals surface area contributed by atoms with Crippen LogP contribution in [0.3, 0.4) is 0 Å². The summed E-state index contributed by atoms with van der Waals surface area (Å²) >= 11 is 0. The Kier molecular flexibility index (Phi) is 7.02. The average molecular weight is 460 g/mol. The van der Waals surface area contributed by atoms with Crippen molar-refractivity contribution in [3.63, 3.8) is 0 Å². The maximum Gasteiger partial charge on any atom is 0.317 e. The van der Waals surface area contributed by atoms with Crippen LogP contribution in [0.1, 0.15) is 37.9 Å². The number of anilines is 1. The second-order valence-corrected chi connectivity index (χ2v) is 8.97. The zero-order chi connectivity index (χ0) is 23.4. The number of piperazine rings is 1. The maximum absolute atomic E-state index is 13.4. The molecule has 2 saturated heterocycles.